The molecule has 6 nitrogen and oxygen atoms in total. The molecule has 1 aliphatic carbocycles. The predicted molar refractivity (Wildman–Crippen MR) is 108 cm³/mol. The number of carbonyl (C=O) groups excluding carboxylic acids is 1. The normalized spacial score (nSPS) is 13.6. The molecular formula is C20H23ClN4O2. The van der Waals surface area contributed by atoms with Crippen molar-refractivity contribution >= 4 is 35.0 Å². The summed E-state index contributed by atoms with van der Waals surface area (Å²) in [5.41, 5.74) is 2.47. The van der Waals surface area contributed by atoms with Gasteiger partial charge in [0.1, 0.15) is 5.82 Å². The quantitative estimate of drug-likeness (QED) is 0.517. The van der Waals surface area contributed by atoms with Gasteiger partial charge in [-0.1, -0.05) is 23.3 Å². The number of hydrogen-bond acceptors (Lipinski definition) is 6. The number of hydrogen-bond donors (Lipinski definition) is 2. The Kier molecular flexibility index (Phi) is 6.65. The number of esters is 1. The van der Waals surface area contributed by atoms with Crippen LogP contribution in [0.2, 0.25) is 5.02 Å². The van der Waals surface area contributed by atoms with Crippen molar-refractivity contribution in [2.24, 2.45) is 0 Å². The van der Waals surface area contributed by atoms with Gasteiger partial charge in [-0.05, 0) is 56.4 Å². The molecule has 1 aromatic heterocycles. The second kappa shape index (κ2) is 9.37. The summed E-state index contributed by atoms with van der Waals surface area (Å²) in [5.74, 6) is 0.716. The Morgan fingerprint density at radius 1 is 1.30 bits per heavy atom. The number of benzene rings is 1. The summed E-state index contributed by atoms with van der Waals surface area (Å²) in [5, 5.41) is 6.86. The molecule has 0 amide bonds. The van der Waals surface area contributed by atoms with Gasteiger partial charge < -0.3 is 15.4 Å². The number of nitrogens with one attached hydrogen (secondary N) is 2. The van der Waals surface area contributed by atoms with Crippen LogP contribution in [0.25, 0.3) is 0 Å². The zero-order chi connectivity index (χ0) is 19.1. The molecule has 1 aromatic carbocycles. The van der Waals surface area contributed by atoms with Gasteiger partial charge >= 0.3 is 5.97 Å². The fourth-order valence-corrected chi connectivity index (χ4v) is 3.15. The third-order valence-electron chi connectivity index (χ3n) is 4.43. The Morgan fingerprint density at radius 2 is 2.19 bits per heavy atom. The number of ether oxygens (including phenoxy) is 1. The Morgan fingerprint density at radius 3 is 2.96 bits per heavy atom. The van der Waals surface area contributed by atoms with E-state index in [2.05, 4.69) is 26.7 Å². The zero-order valence-corrected chi connectivity index (χ0v) is 16.1. The topological polar surface area (TPSA) is 76.1 Å². The summed E-state index contributed by atoms with van der Waals surface area (Å²) in [7, 11) is 1.34. The van der Waals surface area contributed by atoms with Gasteiger partial charge in [-0.25, -0.2) is 9.78 Å². The van der Waals surface area contributed by atoms with Crippen LogP contribution in [0, 0.1) is 0 Å². The molecule has 1 aliphatic rings. The standard InChI is InChI=1S/C20H23ClN4O2/c1-27-19(26)15-7-8-16(21)17(13-15)24-20-23-12-10-18(25-20)22-11-9-14-5-3-2-4-6-14/h5,7-8,10,12-13H,2-4,6,9,11H2,1H3,(H2,22,23,24,25). The van der Waals surface area contributed by atoms with Gasteiger partial charge in [0, 0.05) is 12.7 Å². The number of methoxy groups -OCH3 is 1. The molecule has 2 aromatic rings. The Labute approximate surface area is 164 Å². The van der Waals surface area contributed by atoms with E-state index in [9.17, 15) is 4.79 Å². The van der Waals surface area contributed by atoms with E-state index in [1.54, 1.807) is 24.4 Å². The maximum Gasteiger partial charge on any atom is 0.337 e. The van der Waals surface area contributed by atoms with E-state index in [1.165, 1.54) is 38.4 Å². The highest BCUT2D eigenvalue weighted by atomic mass is 35.5. The van der Waals surface area contributed by atoms with Crippen molar-refractivity contribution in [1.29, 1.82) is 0 Å². The van der Waals surface area contributed by atoms with E-state index in [-0.39, 0.29) is 0 Å². The molecule has 27 heavy (non-hydrogen) atoms. The van der Waals surface area contributed by atoms with Crippen LogP contribution in [0.15, 0.2) is 42.1 Å². The van der Waals surface area contributed by atoms with Crippen molar-refractivity contribution in [3.8, 4) is 0 Å². The van der Waals surface area contributed by atoms with Crippen LogP contribution < -0.4 is 10.6 Å². The molecule has 0 unspecified atom stereocenters. The average Bonchev–Trinajstić information content (AvgIpc) is 2.70. The third-order valence-corrected chi connectivity index (χ3v) is 4.76. The molecule has 0 spiro atoms. The second-order valence-corrected chi connectivity index (χ2v) is 6.77. The number of nitrogens with zero attached hydrogens (tertiary/aromatic N) is 2. The lowest BCUT2D eigenvalue weighted by molar-refractivity contribution is 0.0601. The Bertz CT molecular complexity index is 838. The van der Waals surface area contributed by atoms with Crippen LogP contribution in [-0.2, 0) is 4.74 Å². The molecule has 142 valence electrons. The fourth-order valence-electron chi connectivity index (χ4n) is 2.99. The molecule has 0 radical (unpaired) electrons. The van der Waals surface area contributed by atoms with E-state index in [0.29, 0.717) is 22.2 Å². The Balaban J connectivity index is 1.63. The van der Waals surface area contributed by atoms with Crippen LogP contribution >= 0.6 is 11.6 Å². The maximum absolute atomic E-state index is 11.7. The van der Waals surface area contributed by atoms with Crippen molar-refractivity contribution in [2.75, 3.05) is 24.3 Å². The minimum absolute atomic E-state index is 0.402. The smallest absolute Gasteiger partial charge is 0.337 e. The highest BCUT2D eigenvalue weighted by Crippen LogP contribution is 2.26. The zero-order valence-electron chi connectivity index (χ0n) is 15.3. The van der Waals surface area contributed by atoms with Crippen molar-refractivity contribution in [3.05, 3.63) is 52.7 Å². The number of carbonyl (C=O) groups is 1. The van der Waals surface area contributed by atoms with Crippen LogP contribution in [0.4, 0.5) is 17.5 Å². The van der Waals surface area contributed by atoms with Crippen molar-refractivity contribution in [1.82, 2.24) is 9.97 Å². The third kappa shape index (κ3) is 5.44. The van der Waals surface area contributed by atoms with Crippen molar-refractivity contribution in [2.45, 2.75) is 32.1 Å². The summed E-state index contributed by atoms with van der Waals surface area (Å²) in [4.78, 5) is 20.4. The molecule has 0 saturated carbocycles. The Hall–Kier alpha value is -2.60. The van der Waals surface area contributed by atoms with Crippen LogP contribution in [0.1, 0.15) is 42.5 Å². The van der Waals surface area contributed by atoms with E-state index in [0.717, 1.165) is 18.8 Å². The summed E-state index contributed by atoms with van der Waals surface area (Å²) in [6.45, 7) is 0.834. The molecule has 1 heterocycles. The number of halogens is 1. The van der Waals surface area contributed by atoms with Crippen LogP contribution in [0.3, 0.4) is 0 Å². The molecule has 2 N–H and O–H groups in total. The molecule has 0 atom stereocenters. The van der Waals surface area contributed by atoms with Gasteiger partial charge in [-0.3, -0.25) is 0 Å². The van der Waals surface area contributed by atoms with Crippen molar-refractivity contribution < 1.29 is 9.53 Å². The minimum Gasteiger partial charge on any atom is -0.465 e. The highest BCUT2D eigenvalue weighted by Gasteiger charge is 2.10. The lowest BCUT2D eigenvalue weighted by Gasteiger charge is -2.13. The molecule has 0 fully saturated rings. The van der Waals surface area contributed by atoms with Crippen LogP contribution in [0.5, 0.6) is 0 Å². The van der Waals surface area contributed by atoms with E-state index < -0.39 is 5.97 Å². The number of rotatable bonds is 7. The van der Waals surface area contributed by atoms with Gasteiger partial charge in [0.15, 0.2) is 0 Å². The molecule has 7 heteroatoms. The van der Waals surface area contributed by atoms with Gasteiger partial charge in [-0.2, -0.15) is 4.98 Å². The molecule has 0 aliphatic heterocycles. The summed E-state index contributed by atoms with van der Waals surface area (Å²) in [6, 6.07) is 6.69. The fraction of sp³-hybridized carbons (Fsp3) is 0.350. The molecule has 0 saturated heterocycles. The lowest BCUT2D eigenvalue weighted by Crippen LogP contribution is -2.07. The van der Waals surface area contributed by atoms with Crippen LogP contribution in [-0.4, -0.2) is 29.6 Å². The van der Waals surface area contributed by atoms with Gasteiger partial charge in [0.05, 0.1) is 23.4 Å². The molecule has 3 rings (SSSR count). The second-order valence-electron chi connectivity index (χ2n) is 6.36. The molecule has 0 bridgehead atoms. The first-order chi connectivity index (χ1) is 13.2. The van der Waals surface area contributed by atoms with E-state index >= 15 is 0 Å². The number of aromatic nitrogens is 2. The first kappa shape index (κ1) is 19.2. The summed E-state index contributed by atoms with van der Waals surface area (Å²) >= 11 is 6.21. The number of anilines is 3. The lowest BCUT2D eigenvalue weighted by atomic mass is 9.97. The molecular weight excluding hydrogens is 364 g/mol. The highest BCUT2D eigenvalue weighted by molar-refractivity contribution is 6.33. The summed E-state index contributed by atoms with van der Waals surface area (Å²) < 4.78 is 4.74. The first-order valence-electron chi connectivity index (χ1n) is 9.05. The van der Waals surface area contributed by atoms with E-state index in [1.807, 2.05) is 6.07 Å². The largest absolute Gasteiger partial charge is 0.465 e. The van der Waals surface area contributed by atoms with Crippen molar-refractivity contribution in [3.63, 3.8) is 0 Å². The monoisotopic (exact) mass is 386 g/mol. The van der Waals surface area contributed by atoms with E-state index in [4.69, 9.17) is 16.3 Å². The first-order valence-corrected chi connectivity index (χ1v) is 9.43. The maximum atomic E-state index is 11.7. The van der Waals surface area contributed by atoms with Gasteiger partial charge in [-0.15, -0.1) is 0 Å². The SMILES string of the molecule is COC(=O)c1ccc(Cl)c(Nc2nccc(NCCC3=CCCCC3)n2)c1. The predicted octanol–water partition coefficient (Wildman–Crippen LogP) is 4.96. The number of allylic oxidation sites excluding steroid dienone is 1. The van der Waals surface area contributed by atoms with Gasteiger partial charge in [0.25, 0.3) is 0 Å². The summed E-state index contributed by atoms with van der Waals surface area (Å²) in [6.07, 6.45) is 10.1. The average molecular weight is 387 g/mol. The minimum atomic E-state index is -0.428. The van der Waals surface area contributed by atoms with Gasteiger partial charge in [0.2, 0.25) is 5.95 Å².